The molecule has 1 saturated heterocycles. The van der Waals surface area contributed by atoms with Gasteiger partial charge in [-0.25, -0.2) is 17.5 Å². The molecule has 0 aliphatic carbocycles. The van der Waals surface area contributed by atoms with Crippen LogP contribution in [0.1, 0.15) is 6.42 Å². The number of para-hydroxylation sites is 1. The molecule has 0 bridgehead atoms. The summed E-state index contributed by atoms with van der Waals surface area (Å²) < 4.78 is 50.6. The number of nitrogens with two attached hydrogens (primary N) is 1. The normalized spacial score (nSPS) is 23.1. The Morgan fingerprint density at radius 2 is 2.30 bits per heavy atom. The van der Waals surface area contributed by atoms with Crippen molar-refractivity contribution in [2.24, 2.45) is 0 Å². The van der Waals surface area contributed by atoms with Crippen LogP contribution in [0.4, 0.5) is 10.1 Å². The number of nitrogens with one attached hydrogen (secondary N) is 1. The summed E-state index contributed by atoms with van der Waals surface area (Å²) in [6.07, 6.45) is 0.588. The fourth-order valence-corrected chi connectivity index (χ4v) is 3.27. The molecule has 8 heteroatoms. The number of rotatable bonds is 5. The Hall–Kier alpha value is -1.22. The van der Waals surface area contributed by atoms with E-state index in [9.17, 15) is 12.8 Å². The molecule has 1 fully saturated rings. The molecule has 1 aromatic carbocycles. The van der Waals surface area contributed by atoms with Gasteiger partial charge in [0.2, 0.25) is 10.0 Å². The van der Waals surface area contributed by atoms with Gasteiger partial charge in [-0.2, -0.15) is 0 Å². The molecule has 1 aliphatic rings. The fraction of sp³-hybridized carbons (Fsp3) is 0.500. The van der Waals surface area contributed by atoms with E-state index in [1.807, 2.05) is 0 Å². The number of methoxy groups -OCH3 is 1. The second kappa shape index (κ2) is 5.65. The number of hydrogen-bond donors (Lipinski definition) is 2. The van der Waals surface area contributed by atoms with Crippen molar-refractivity contribution >= 4 is 15.7 Å². The van der Waals surface area contributed by atoms with Crippen molar-refractivity contribution < 1.29 is 22.3 Å². The van der Waals surface area contributed by atoms with Gasteiger partial charge >= 0.3 is 0 Å². The van der Waals surface area contributed by atoms with Crippen LogP contribution in [-0.4, -0.2) is 40.9 Å². The van der Waals surface area contributed by atoms with Crippen LogP contribution in [0, 0.1) is 5.82 Å². The Kier molecular flexibility index (Phi) is 4.28. The molecule has 2 rings (SSSR count). The summed E-state index contributed by atoms with van der Waals surface area (Å²) in [6.45, 7) is 0.865. The van der Waals surface area contributed by atoms with Crippen LogP contribution in [0.2, 0.25) is 0 Å². The van der Waals surface area contributed by atoms with Crippen molar-refractivity contribution in [2.75, 3.05) is 32.6 Å². The van der Waals surface area contributed by atoms with Crippen molar-refractivity contribution in [3.05, 3.63) is 24.0 Å². The van der Waals surface area contributed by atoms with Crippen molar-refractivity contribution in [3.63, 3.8) is 0 Å². The molecule has 20 heavy (non-hydrogen) atoms. The van der Waals surface area contributed by atoms with E-state index in [1.165, 1.54) is 19.2 Å². The third kappa shape index (κ3) is 2.93. The summed E-state index contributed by atoms with van der Waals surface area (Å²) in [5.41, 5.74) is 4.39. The van der Waals surface area contributed by atoms with Gasteiger partial charge in [0.05, 0.1) is 12.3 Å². The van der Waals surface area contributed by atoms with Crippen LogP contribution < -0.4 is 10.5 Å². The van der Waals surface area contributed by atoms with E-state index in [0.717, 1.165) is 6.07 Å². The SMILES string of the molecule is COC1(CNS(=O)(=O)c2cccc(F)c2N)CCOC1. The van der Waals surface area contributed by atoms with Gasteiger partial charge in [0.25, 0.3) is 0 Å². The van der Waals surface area contributed by atoms with Crippen LogP contribution in [0.25, 0.3) is 0 Å². The lowest BCUT2D eigenvalue weighted by molar-refractivity contribution is -0.0120. The van der Waals surface area contributed by atoms with Crippen LogP contribution in [0.5, 0.6) is 0 Å². The number of benzene rings is 1. The molecule has 0 saturated carbocycles. The first kappa shape index (κ1) is 15.2. The Balaban J connectivity index is 2.17. The van der Waals surface area contributed by atoms with Crippen LogP contribution in [-0.2, 0) is 19.5 Å². The zero-order valence-corrected chi connectivity index (χ0v) is 11.9. The van der Waals surface area contributed by atoms with Crippen molar-refractivity contribution in [1.82, 2.24) is 4.72 Å². The van der Waals surface area contributed by atoms with Crippen LogP contribution >= 0.6 is 0 Å². The fourth-order valence-electron chi connectivity index (χ4n) is 2.02. The number of nitrogen functional groups attached to an aromatic ring is 1. The highest BCUT2D eigenvalue weighted by Gasteiger charge is 2.36. The quantitative estimate of drug-likeness (QED) is 0.773. The average Bonchev–Trinajstić information content (AvgIpc) is 2.89. The average molecular weight is 304 g/mol. The standard InChI is InChI=1S/C12H17FN2O4S/c1-18-12(5-6-19-8-12)7-15-20(16,17)10-4-2-3-9(13)11(10)14/h2-4,15H,5-8,14H2,1H3. The predicted molar refractivity (Wildman–Crippen MR) is 71.2 cm³/mol. The first-order chi connectivity index (χ1) is 9.40. The maximum absolute atomic E-state index is 13.3. The molecule has 112 valence electrons. The first-order valence-electron chi connectivity index (χ1n) is 6.07. The van der Waals surface area contributed by atoms with E-state index in [2.05, 4.69) is 4.72 Å². The molecule has 1 atom stereocenters. The smallest absolute Gasteiger partial charge is 0.242 e. The highest BCUT2D eigenvalue weighted by atomic mass is 32.2. The van der Waals surface area contributed by atoms with Crippen molar-refractivity contribution in [3.8, 4) is 0 Å². The predicted octanol–water partition coefficient (Wildman–Crippen LogP) is 0.492. The van der Waals surface area contributed by atoms with Crippen molar-refractivity contribution in [2.45, 2.75) is 16.9 Å². The van der Waals surface area contributed by atoms with Gasteiger partial charge in [-0.05, 0) is 12.1 Å². The molecule has 1 heterocycles. The lowest BCUT2D eigenvalue weighted by atomic mass is 10.0. The number of anilines is 1. The third-order valence-corrected chi connectivity index (χ3v) is 4.85. The second-order valence-corrected chi connectivity index (χ2v) is 6.40. The first-order valence-corrected chi connectivity index (χ1v) is 7.55. The number of hydrogen-bond acceptors (Lipinski definition) is 5. The van der Waals surface area contributed by atoms with Gasteiger partial charge in [0, 0.05) is 26.7 Å². The van der Waals surface area contributed by atoms with E-state index in [0.29, 0.717) is 19.6 Å². The van der Waals surface area contributed by atoms with E-state index in [4.69, 9.17) is 15.2 Å². The number of ether oxygens (including phenoxy) is 2. The summed E-state index contributed by atoms with van der Waals surface area (Å²) in [5, 5.41) is 0. The minimum atomic E-state index is -3.90. The summed E-state index contributed by atoms with van der Waals surface area (Å²) >= 11 is 0. The Morgan fingerprint density at radius 1 is 1.55 bits per heavy atom. The summed E-state index contributed by atoms with van der Waals surface area (Å²) in [7, 11) is -2.40. The number of sulfonamides is 1. The molecular formula is C12H17FN2O4S. The van der Waals surface area contributed by atoms with Crippen molar-refractivity contribution in [1.29, 1.82) is 0 Å². The number of halogens is 1. The lowest BCUT2D eigenvalue weighted by Gasteiger charge is -2.25. The van der Waals surface area contributed by atoms with Crippen LogP contribution in [0.3, 0.4) is 0 Å². The zero-order valence-electron chi connectivity index (χ0n) is 11.1. The molecule has 0 aromatic heterocycles. The maximum atomic E-state index is 13.3. The van der Waals surface area contributed by atoms with Gasteiger partial charge < -0.3 is 15.2 Å². The van der Waals surface area contributed by atoms with E-state index in [-0.39, 0.29) is 11.4 Å². The van der Waals surface area contributed by atoms with Gasteiger partial charge in [0.15, 0.2) is 0 Å². The third-order valence-electron chi connectivity index (χ3n) is 3.39. The summed E-state index contributed by atoms with van der Waals surface area (Å²) in [4.78, 5) is -0.275. The Morgan fingerprint density at radius 3 is 2.90 bits per heavy atom. The minimum Gasteiger partial charge on any atom is -0.395 e. The molecule has 1 unspecified atom stereocenters. The second-order valence-electron chi connectivity index (χ2n) is 4.67. The lowest BCUT2D eigenvalue weighted by Crippen LogP contribution is -2.45. The topological polar surface area (TPSA) is 90.7 Å². The highest BCUT2D eigenvalue weighted by molar-refractivity contribution is 7.89. The van der Waals surface area contributed by atoms with Gasteiger partial charge in [-0.1, -0.05) is 6.07 Å². The van der Waals surface area contributed by atoms with E-state index < -0.39 is 27.1 Å². The van der Waals surface area contributed by atoms with Gasteiger partial charge in [0.1, 0.15) is 16.3 Å². The molecular weight excluding hydrogens is 287 g/mol. The largest absolute Gasteiger partial charge is 0.395 e. The minimum absolute atomic E-state index is 0.0434. The molecule has 0 amide bonds. The zero-order chi connectivity index (χ0) is 14.8. The molecule has 1 aliphatic heterocycles. The Bertz CT molecular complexity index is 585. The van der Waals surface area contributed by atoms with Gasteiger partial charge in [-0.15, -0.1) is 0 Å². The molecule has 3 N–H and O–H groups in total. The molecule has 0 spiro atoms. The molecule has 0 radical (unpaired) electrons. The van der Waals surface area contributed by atoms with E-state index in [1.54, 1.807) is 0 Å². The van der Waals surface area contributed by atoms with Crippen LogP contribution in [0.15, 0.2) is 23.1 Å². The van der Waals surface area contributed by atoms with Gasteiger partial charge in [-0.3, -0.25) is 0 Å². The Labute approximate surface area is 117 Å². The summed E-state index contributed by atoms with van der Waals surface area (Å²) in [5.74, 6) is -0.765. The molecule has 6 nitrogen and oxygen atoms in total. The maximum Gasteiger partial charge on any atom is 0.242 e. The highest BCUT2D eigenvalue weighted by Crippen LogP contribution is 2.24. The summed E-state index contributed by atoms with van der Waals surface area (Å²) in [6, 6.07) is 3.66. The van der Waals surface area contributed by atoms with E-state index >= 15 is 0 Å². The monoisotopic (exact) mass is 304 g/mol. The molecule has 1 aromatic rings.